The van der Waals surface area contributed by atoms with Gasteiger partial charge < -0.3 is 15.4 Å². The first-order chi connectivity index (χ1) is 10.5. The summed E-state index contributed by atoms with van der Waals surface area (Å²) in [6.45, 7) is 3.91. The number of likely N-dealkylation sites (tertiary alicyclic amines) is 1. The van der Waals surface area contributed by atoms with E-state index >= 15 is 0 Å². The zero-order valence-corrected chi connectivity index (χ0v) is 15.6. The first-order valence-corrected chi connectivity index (χ1v) is 7.59. The molecule has 1 aromatic rings. The van der Waals surface area contributed by atoms with Crippen molar-refractivity contribution in [3.63, 3.8) is 0 Å². The first-order valence-electron chi connectivity index (χ1n) is 7.59. The molecule has 7 heteroatoms. The maximum absolute atomic E-state index is 12.1. The summed E-state index contributed by atoms with van der Waals surface area (Å²) in [5, 5.41) is 0. The lowest BCUT2D eigenvalue weighted by atomic mass is 10.0. The van der Waals surface area contributed by atoms with Crippen LogP contribution in [0.15, 0.2) is 29.3 Å². The third-order valence-electron chi connectivity index (χ3n) is 3.68. The monoisotopic (exact) mass is 439 g/mol. The van der Waals surface area contributed by atoms with Crippen molar-refractivity contribution in [2.45, 2.75) is 32.7 Å². The highest BCUT2D eigenvalue weighted by Gasteiger charge is 2.17. The Morgan fingerprint density at radius 3 is 2.96 bits per heavy atom. The Morgan fingerprint density at radius 2 is 2.26 bits per heavy atom. The van der Waals surface area contributed by atoms with Crippen LogP contribution in [0.25, 0.3) is 0 Å². The van der Waals surface area contributed by atoms with Gasteiger partial charge in [0, 0.05) is 13.1 Å². The zero-order valence-electron chi connectivity index (χ0n) is 13.3. The summed E-state index contributed by atoms with van der Waals surface area (Å²) in [5.41, 5.74) is 6.93. The molecule has 130 valence electrons. The molecule has 1 fully saturated rings. The van der Waals surface area contributed by atoms with E-state index in [1.807, 2.05) is 6.07 Å². The maximum atomic E-state index is 12.1. The molecule has 0 spiro atoms. The Bertz CT molecular complexity index is 514. The molecule has 1 aliphatic heterocycles. The second-order valence-electron chi connectivity index (χ2n) is 5.72. The molecule has 0 amide bonds. The molecule has 0 bridgehead atoms. The average Bonchev–Trinajstić information content (AvgIpc) is 2.51. The quantitative estimate of drug-likeness (QED) is 0.434. The highest BCUT2D eigenvalue weighted by Crippen LogP contribution is 2.17. The van der Waals surface area contributed by atoms with Crippen molar-refractivity contribution >= 4 is 29.9 Å². The molecule has 23 heavy (non-hydrogen) atoms. The average molecular weight is 439 g/mol. The molecule has 1 atom stereocenters. The highest BCUT2D eigenvalue weighted by molar-refractivity contribution is 14.0. The van der Waals surface area contributed by atoms with Gasteiger partial charge in [0.05, 0.1) is 6.54 Å². The molecule has 2 rings (SSSR count). The molecule has 4 nitrogen and oxygen atoms in total. The predicted molar refractivity (Wildman–Crippen MR) is 98.7 cm³/mol. The summed E-state index contributed by atoms with van der Waals surface area (Å²) in [6, 6.07) is 7.03. The van der Waals surface area contributed by atoms with Crippen LogP contribution >= 0.6 is 24.0 Å². The van der Waals surface area contributed by atoms with E-state index in [1.54, 1.807) is 18.2 Å². The van der Waals surface area contributed by atoms with Gasteiger partial charge in [-0.2, -0.15) is 0 Å². The maximum Gasteiger partial charge on any atom is 0.272 e. The number of nitrogens with two attached hydrogens (primary N) is 1. The molecule has 1 aromatic carbocycles. The van der Waals surface area contributed by atoms with Crippen molar-refractivity contribution in [3.8, 4) is 5.75 Å². The summed E-state index contributed by atoms with van der Waals surface area (Å²) in [7, 11) is 0. The van der Waals surface area contributed by atoms with Crippen LogP contribution < -0.4 is 10.5 Å². The Morgan fingerprint density at radius 1 is 1.48 bits per heavy atom. The molecule has 0 radical (unpaired) electrons. The van der Waals surface area contributed by atoms with Gasteiger partial charge in [0.2, 0.25) is 0 Å². The van der Waals surface area contributed by atoms with E-state index < -0.39 is 13.0 Å². The third kappa shape index (κ3) is 6.88. The SMILES string of the molecule is CC1CCCN(C(N)=NCc2cccc(OCC(F)F)c2)C1.I. The van der Waals surface area contributed by atoms with Crippen LogP contribution in [0.4, 0.5) is 8.78 Å². The minimum absolute atomic E-state index is 0. The number of guanidine groups is 1. The summed E-state index contributed by atoms with van der Waals surface area (Å²) < 4.78 is 29.3. The van der Waals surface area contributed by atoms with E-state index in [0.29, 0.717) is 24.2 Å². The van der Waals surface area contributed by atoms with E-state index in [9.17, 15) is 8.78 Å². The number of benzene rings is 1. The van der Waals surface area contributed by atoms with Crippen molar-refractivity contribution in [2.24, 2.45) is 16.6 Å². The lowest BCUT2D eigenvalue weighted by Crippen LogP contribution is -2.43. The lowest BCUT2D eigenvalue weighted by Gasteiger charge is -2.31. The van der Waals surface area contributed by atoms with Gasteiger partial charge in [-0.05, 0) is 36.5 Å². The largest absolute Gasteiger partial charge is 0.488 e. The normalized spacial score (nSPS) is 18.7. The van der Waals surface area contributed by atoms with Gasteiger partial charge in [-0.3, -0.25) is 0 Å². The van der Waals surface area contributed by atoms with Crippen LogP contribution in [-0.4, -0.2) is 37.0 Å². The third-order valence-corrected chi connectivity index (χ3v) is 3.68. The number of halogens is 3. The van der Waals surface area contributed by atoms with Crippen LogP contribution in [0.2, 0.25) is 0 Å². The summed E-state index contributed by atoms with van der Waals surface area (Å²) in [5.74, 6) is 1.61. The minimum Gasteiger partial charge on any atom is -0.488 e. The molecule has 0 aromatic heterocycles. The fraction of sp³-hybridized carbons (Fsp3) is 0.562. The number of aliphatic imine (C=N–C) groups is 1. The standard InChI is InChI=1S/C16H23F2N3O.HI/c1-12-4-3-7-21(10-12)16(19)20-9-13-5-2-6-14(8-13)22-11-15(17)18;/h2,5-6,8,12,15H,3-4,7,9-11H2,1H3,(H2,19,20);1H. The Balaban J connectivity index is 0.00000264. The van der Waals surface area contributed by atoms with Crippen LogP contribution in [0.5, 0.6) is 5.75 Å². The predicted octanol–water partition coefficient (Wildman–Crippen LogP) is 3.50. The number of ether oxygens (including phenoxy) is 1. The van der Waals surface area contributed by atoms with Crippen molar-refractivity contribution in [1.82, 2.24) is 4.90 Å². The fourth-order valence-electron chi connectivity index (χ4n) is 2.56. The van der Waals surface area contributed by atoms with Crippen LogP contribution in [0.3, 0.4) is 0 Å². The molecule has 0 aliphatic carbocycles. The van der Waals surface area contributed by atoms with E-state index in [-0.39, 0.29) is 24.0 Å². The second-order valence-corrected chi connectivity index (χ2v) is 5.72. The number of hydrogen-bond acceptors (Lipinski definition) is 2. The van der Waals surface area contributed by atoms with Crippen molar-refractivity contribution in [2.75, 3.05) is 19.7 Å². The smallest absolute Gasteiger partial charge is 0.272 e. The van der Waals surface area contributed by atoms with Crippen LogP contribution in [0.1, 0.15) is 25.3 Å². The van der Waals surface area contributed by atoms with Gasteiger partial charge in [0.25, 0.3) is 6.43 Å². The highest BCUT2D eigenvalue weighted by atomic mass is 127. The number of hydrogen-bond donors (Lipinski definition) is 1. The Labute approximate surface area is 153 Å². The molecule has 1 aliphatic rings. The van der Waals surface area contributed by atoms with Gasteiger partial charge in [0.15, 0.2) is 5.96 Å². The molecular weight excluding hydrogens is 415 g/mol. The van der Waals surface area contributed by atoms with E-state index in [4.69, 9.17) is 10.5 Å². The summed E-state index contributed by atoms with van der Waals surface area (Å²) in [6.07, 6.45) is -0.111. The summed E-state index contributed by atoms with van der Waals surface area (Å²) in [4.78, 5) is 6.51. The van der Waals surface area contributed by atoms with E-state index in [0.717, 1.165) is 25.1 Å². The van der Waals surface area contributed by atoms with Gasteiger partial charge in [-0.1, -0.05) is 19.1 Å². The van der Waals surface area contributed by atoms with Gasteiger partial charge in [0.1, 0.15) is 12.4 Å². The van der Waals surface area contributed by atoms with Crippen molar-refractivity contribution < 1.29 is 13.5 Å². The topological polar surface area (TPSA) is 50.8 Å². The summed E-state index contributed by atoms with van der Waals surface area (Å²) >= 11 is 0. The molecular formula is C16H24F2IN3O. The number of nitrogens with zero attached hydrogens (tertiary/aromatic N) is 2. The van der Waals surface area contributed by atoms with Gasteiger partial charge in [-0.15, -0.1) is 24.0 Å². The number of rotatable bonds is 5. The molecule has 1 saturated heterocycles. The zero-order chi connectivity index (χ0) is 15.9. The molecule has 2 N–H and O–H groups in total. The number of piperidine rings is 1. The lowest BCUT2D eigenvalue weighted by molar-refractivity contribution is 0.0818. The first kappa shape index (κ1) is 19.9. The van der Waals surface area contributed by atoms with Gasteiger partial charge in [-0.25, -0.2) is 13.8 Å². The molecule has 0 saturated carbocycles. The van der Waals surface area contributed by atoms with E-state index in [2.05, 4.69) is 16.8 Å². The van der Waals surface area contributed by atoms with Crippen molar-refractivity contribution in [1.29, 1.82) is 0 Å². The van der Waals surface area contributed by atoms with Gasteiger partial charge >= 0.3 is 0 Å². The Kier molecular flexibility index (Phi) is 8.57. The second kappa shape index (κ2) is 9.89. The minimum atomic E-state index is -2.47. The Hall–Kier alpha value is -1.12. The fourth-order valence-corrected chi connectivity index (χ4v) is 2.56. The molecule has 1 heterocycles. The number of alkyl halides is 2. The van der Waals surface area contributed by atoms with Crippen LogP contribution in [-0.2, 0) is 6.54 Å². The van der Waals surface area contributed by atoms with E-state index in [1.165, 1.54) is 6.42 Å². The van der Waals surface area contributed by atoms with Crippen LogP contribution in [0, 0.1) is 5.92 Å². The molecule has 1 unspecified atom stereocenters. The van der Waals surface area contributed by atoms with Crippen molar-refractivity contribution in [3.05, 3.63) is 29.8 Å².